The molecule has 35 heavy (non-hydrogen) atoms. The molecule has 0 saturated carbocycles. The molecule has 0 aliphatic carbocycles. The SMILES string of the molecule is O=C(Nc1cnn(Cc2ccccc2F)c1)c1nn2c(C(F)(F)F)cc(-c3cccs3)nc2c1Cl. The average molecular weight is 521 g/mol. The minimum Gasteiger partial charge on any atom is -0.318 e. The number of alkyl halides is 3. The second-order valence-corrected chi connectivity index (χ2v) is 8.70. The van der Waals surface area contributed by atoms with Gasteiger partial charge in [0.05, 0.1) is 29.0 Å². The third-order valence-corrected chi connectivity index (χ3v) is 6.23. The number of hydrogen-bond donors (Lipinski definition) is 1. The van der Waals surface area contributed by atoms with E-state index in [1.807, 2.05) is 0 Å². The van der Waals surface area contributed by atoms with Crippen molar-refractivity contribution in [1.29, 1.82) is 0 Å². The van der Waals surface area contributed by atoms with Crippen LogP contribution in [0.3, 0.4) is 0 Å². The minimum atomic E-state index is -4.77. The second kappa shape index (κ2) is 8.78. The number of anilines is 1. The van der Waals surface area contributed by atoms with E-state index in [9.17, 15) is 22.4 Å². The fraction of sp³-hybridized carbons (Fsp3) is 0.0909. The average Bonchev–Trinajstić information content (AvgIpc) is 3.55. The maximum Gasteiger partial charge on any atom is 0.433 e. The molecule has 0 aliphatic heterocycles. The maximum absolute atomic E-state index is 13.9. The second-order valence-electron chi connectivity index (χ2n) is 7.37. The van der Waals surface area contributed by atoms with E-state index in [1.165, 1.54) is 34.5 Å². The standard InChI is InChI=1S/C22H13ClF4N6OS/c23-18-19(21(34)29-13-9-28-32(11-13)10-12-4-1-2-5-14(12)24)31-33-17(22(25,26)27)8-15(30-20(18)33)16-6-3-7-35-16/h1-9,11H,10H2,(H,29,34). The van der Waals surface area contributed by atoms with Gasteiger partial charge in [0, 0.05) is 11.8 Å². The summed E-state index contributed by atoms with van der Waals surface area (Å²) in [7, 11) is 0. The maximum atomic E-state index is 13.9. The van der Waals surface area contributed by atoms with Crippen LogP contribution >= 0.6 is 22.9 Å². The zero-order chi connectivity index (χ0) is 24.7. The van der Waals surface area contributed by atoms with E-state index >= 15 is 0 Å². The van der Waals surface area contributed by atoms with Crippen LogP contribution < -0.4 is 5.32 Å². The third-order valence-electron chi connectivity index (χ3n) is 4.99. The summed E-state index contributed by atoms with van der Waals surface area (Å²) in [6.07, 6.45) is -2.01. The molecule has 1 amide bonds. The Morgan fingerprint density at radius 3 is 2.69 bits per heavy atom. The highest BCUT2D eigenvalue weighted by atomic mass is 35.5. The van der Waals surface area contributed by atoms with Crippen LogP contribution in [-0.4, -0.2) is 30.3 Å². The molecule has 4 heterocycles. The molecule has 0 radical (unpaired) electrons. The van der Waals surface area contributed by atoms with Crippen molar-refractivity contribution in [1.82, 2.24) is 24.4 Å². The van der Waals surface area contributed by atoms with E-state index < -0.39 is 29.3 Å². The number of carbonyl (C=O) groups is 1. The van der Waals surface area contributed by atoms with Crippen LogP contribution in [-0.2, 0) is 12.7 Å². The van der Waals surface area contributed by atoms with Crippen molar-refractivity contribution < 1.29 is 22.4 Å². The van der Waals surface area contributed by atoms with Crippen LogP contribution in [0.25, 0.3) is 16.2 Å². The molecule has 0 bridgehead atoms. The number of amides is 1. The van der Waals surface area contributed by atoms with Gasteiger partial charge < -0.3 is 5.32 Å². The van der Waals surface area contributed by atoms with Crippen LogP contribution in [0.5, 0.6) is 0 Å². The number of hydrogen-bond acceptors (Lipinski definition) is 5. The number of fused-ring (bicyclic) bond motifs is 1. The summed E-state index contributed by atoms with van der Waals surface area (Å²) >= 11 is 7.48. The molecule has 178 valence electrons. The van der Waals surface area contributed by atoms with E-state index in [2.05, 4.69) is 20.5 Å². The van der Waals surface area contributed by atoms with Crippen molar-refractivity contribution in [2.75, 3.05) is 5.32 Å². The summed E-state index contributed by atoms with van der Waals surface area (Å²) in [6, 6.07) is 10.3. The van der Waals surface area contributed by atoms with Gasteiger partial charge in [0.1, 0.15) is 10.8 Å². The number of carbonyl (C=O) groups excluding carboxylic acids is 1. The number of thiophene rings is 1. The largest absolute Gasteiger partial charge is 0.433 e. The lowest BCUT2D eigenvalue weighted by Crippen LogP contribution is -2.15. The summed E-state index contributed by atoms with van der Waals surface area (Å²) in [5, 5.41) is 11.7. The Balaban J connectivity index is 1.46. The molecule has 7 nitrogen and oxygen atoms in total. The summed E-state index contributed by atoms with van der Waals surface area (Å²) in [4.78, 5) is 17.5. The van der Waals surface area contributed by atoms with Crippen molar-refractivity contribution >= 4 is 40.2 Å². The van der Waals surface area contributed by atoms with Crippen LogP contribution in [0.2, 0.25) is 5.02 Å². The lowest BCUT2D eigenvalue weighted by molar-refractivity contribution is -0.142. The van der Waals surface area contributed by atoms with Crippen LogP contribution in [0.15, 0.2) is 60.2 Å². The predicted octanol–water partition coefficient (Wildman–Crippen LogP) is 5.77. The van der Waals surface area contributed by atoms with Crippen molar-refractivity contribution in [2.45, 2.75) is 12.7 Å². The van der Waals surface area contributed by atoms with Gasteiger partial charge in [-0.2, -0.15) is 23.4 Å². The Morgan fingerprint density at radius 1 is 1.17 bits per heavy atom. The molecule has 0 atom stereocenters. The molecule has 0 spiro atoms. The highest BCUT2D eigenvalue weighted by molar-refractivity contribution is 7.13. The van der Waals surface area contributed by atoms with Crippen molar-refractivity contribution in [3.8, 4) is 10.6 Å². The third kappa shape index (κ3) is 4.49. The first-order valence-electron chi connectivity index (χ1n) is 9.98. The van der Waals surface area contributed by atoms with Gasteiger partial charge in [-0.15, -0.1) is 11.3 Å². The molecular formula is C22H13ClF4N6OS. The molecule has 0 aliphatic rings. The Bertz CT molecular complexity index is 1540. The van der Waals surface area contributed by atoms with Crippen LogP contribution in [0.4, 0.5) is 23.2 Å². The number of nitrogens with one attached hydrogen (secondary N) is 1. The van der Waals surface area contributed by atoms with Gasteiger partial charge in [-0.25, -0.2) is 13.9 Å². The Morgan fingerprint density at radius 2 is 1.97 bits per heavy atom. The molecule has 0 fully saturated rings. The molecule has 4 aromatic heterocycles. The fourth-order valence-electron chi connectivity index (χ4n) is 3.40. The quantitative estimate of drug-likeness (QED) is 0.299. The molecular weight excluding hydrogens is 508 g/mol. The van der Waals surface area contributed by atoms with Gasteiger partial charge in [-0.3, -0.25) is 9.48 Å². The fourth-order valence-corrected chi connectivity index (χ4v) is 4.33. The number of nitrogens with zero attached hydrogens (tertiary/aromatic N) is 5. The monoisotopic (exact) mass is 520 g/mol. The number of halogens is 5. The Labute approximate surface area is 203 Å². The zero-order valence-corrected chi connectivity index (χ0v) is 19.0. The first-order chi connectivity index (χ1) is 16.7. The minimum absolute atomic E-state index is 0.0583. The topological polar surface area (TPSA) is 77.1 Å². The van der Waals surface area contributed by atoms with Crippen molar-refractivity contribution in [3.05, 3.63) is 88.0 Å². The van der Waals surface area contributed by atoms with Crippen molar-refractivity contribution in [3.63, 3.8) is 0 Å². The van der Waals surface area contributed by atoms with Crippen LogP contribution in [0.1, 0.15) is 21.7 Å². The normalized spacial score (nSPS) is 11.8. The highest BCUT2D eigenvalue weighted by Crippen LogP contribution is 2.35. The first kappa shape index (κ1) is 23.0. The van der Waals surface area contributed by atoms with E-state index in [-0.39, 0.29) is 28.6 Å². The number of aromatic nitrogens is 5. The van der Waals surface area contributed by atoms with Gasteiger partial charge in [0.2, 0.25) is 0 Å². The predicted molar refractivity (Wildman–Crippen MR) is 122 cm³/mol. The number of rotatable bonds is 5. The van der Waals surface area contributed by atoms with Gasteiger partial charge in [0.15, 0.2) is 17.0 Å². The van der Waals surface area contributed by atoms with Gasteiger partial charge in [-0.05, 0) is 23.6 Å². The van der Waals surface area contributed by atoms with E-state index in [1.54, 1.807) is 35.7 Å². The van der Waals surface area contributed by atoms with Gasteiger partial charge >= 0.3 is 6.18 Å². The van der Waals surface area contributed by atoms with E-state index in [0.29, 0.717) is 15.0 Å². The Hall–Kier alpha value is -3.77. The summed E-state index contributed by atoms with van der Waals surface area (Å²) in [5.74, 6) is -1.25. The first-order valence-corrected chi connectivity index (χ1v) is 11.2. The van der Waals surface area contributed by atoms with E-state index in [4.69, 9.17) is 11.6 Å². The zero-order valence-electron chi connectivity index (χ0n) is 17.4. The lowest BCUT2D eigenvalue weighted by atomic mass is 10.2. The molecule has 1 aromatic carbocycles. The van der Waals surface area contributed by atoms with E-state index in [0.717, 1.165) is 6.07 Å². The van der Waals surface area contributed by atoms with Gasteiger partial charge in [-0.1, -0.05) is 35.9 Å². The molecule has 0 saturated heterocycles. The van der Waals surface area contributed by atoms with Gasteiger partial charge in [0.25, 0.3) is 5.91 Å². The molecule has 5 rings (SSSR count). The lowest BCUT2D eigenvalue weighted by Gasteiger charge is -2.10. The summed E-state index contributed by atoms with van der Waals surface area (Å²) < 4.78 is 57.1. The van der Waals surface area contributed by atoms with Crippen molar-refractivity contribution in [2.24, 2.45) is 0 Å². The number of benzene rings is 1. The summed E-state index contributed by atoms with van der Waals surface area (Å²) in [5.41, 5.74) is -1.18. The molecule has 1 N–H and O–H groups in total. The molecule has 5 aromatic rings. The Kier molecular flexibility index (Phi) is 5.77. The smallest absolute Gasteiger partial charge is 0.318 e. The highest BCUT2D eigenvalue weighted by Gasteiger charge is 2.37. The van der Waals surface area contributed by atoms with Crippen LogP contribution in [0, 0.1) is 5.82 Å². The molecule has 0 unspecified atom stereocenters. The summed E-state index contributed by atoms with van der Waals surface area (Å²) in [6.45, 7) is 0.113. The molecule has 13 heteroatoms.